The molecule has 0 bridgehead atoms. The molecule has 0 aliphatic heterocycles. The van der Waals surface area contributed by atoms with Gasteiger partial charge >= 0.3 is 11.1 Å². The van der Waals surface area contributed by atoms with E-state index < -0.39 is 11.1 Å². The third kappa shape index (κ3) is 2.70. The van der Waals surface area contributed by atoms with E-state index in [1.54, 1.807) is 19.4 Å². The Morgan fingerprint density at radius 3 is 2.55 bits per heavy atom. The average Bonchev–Trinajstić information content (AvgIpc) is 2.41. The second-order valence-corrected chi connectivity index (χ2v) is 5.09. The molecule has 2 N–H and O–H groups in total. The predicted molar refractivity (Wildman–Crippen MR) is 82.1 cm³/mol. The lowest BCUT2D eigenvalue weighted by atomic mass is 10.0. The van der Waals surface area contributed by atoms with Crippen molar-refractivity contribution in [1.29, 1.82) is 0 Å². The van der Waals surface area contributed by atoms with Gasteiger partial charge in [0, 0.05) is 25.0 Å². The Bertz CT molecular complexity index is 790. The number of hydrogen-bond acceptors (Lipinski definition) is 3. The van der Waals surface area contributed by atoms with Crippen molar-refractivity contribution in [3.05, 3.63) is 68.0 Å². The minimum Gasteiger partial charge on any atom is -0.389 e. The number of aryl methyl sites for hydroxylation is 2. The molecule has 5 nitrogen and oxygen atoms in total. The third-order valence-electron chi connectivity index (χ3n) is 3.20. The fourth-order valence-corrected chi connectivity index (χ4v) is 2.05. The van der Waals surface area contributed by atoms with Crippen molar-refractivity contribution < 1.29 is 0 Å². The summed E-state index contributed by atoms with van der Waals surface area (Å²) in [7, 11) is 1.55. The predicted octanol–water partition coefficient (Wildman–Crippen LogP) is 0.538. The third-order valence-corrected chi connectivity index (χ3v) is 3.44. The maximum absolute atomic E-state index is 11.9. The Labute approximate surface area is 121 Å². The molecular weight excluding hydrogens is 274 g/mol. The number of nitrogens with two attached hydrogens (primary N) is 1. The Morgan fingerprint density at radius 2 is 1.95 bits per heavy atom. The molecule has 6 heteroatoms. The van der Waals surface area contributed by atoms with E-state index >= 15 is 0 Å². The molecule has 2 aromatic rings. The second-order valence-electron chi connectivity index (χ2n) is 4.65. The molecular formula is C14H15N3O2S. The second kappa shape index (κ2) is 5.42. The molecule has 0 saturated heterocycles. The van der Waals surface area contributed by atoms with Crippen LogP contribution in [0.3, 0.4) is 0 Å². The lowest BCUT2D eigenvalue weighted by molar-refractivity contribution is 0.693. The van der Waals surface area contributed by atoms with Crippen LogP contribution in [0, 0.1) is 6.92 Å². The summed E-state index contributed by atoms with van der Waals surface area (Å²) in [5.41, 5.74) is 7.22. The molecule has 0 spiro atoms. The van der Waals surface area contributed by atoms with Crippen molar-refractivity contribution in [3.63, 3.8) is 0 Å². The van der Waals surface area contributed by atoms with Gasteiger partial charge in [0.05, 0.1) is 6.54 Å². The topological polar surface area (TPSA) is 70.0 Å². The maximum atomic E-state index is 11.9. The van der Waals surface area contributed by atoms with Gasteiger partial charge in [0.1, 0.15) is 4.99 Å². The summed E-state index contributed by atoms with van der Waals surface area (Å²) < 4.78 is 2.66. The van der Waals surface area contributed by atoms with Crippen molar-refractivity contribution >= 4 is 17.2 Å². The van der Waals surface area contributed by atoms with Gasteiger partial charge in [0.25, 0.3) is 0 Å². The summed E-state index contributed by atoms with van der Waals surface area (Å²) in [6, 6.07) is 5.56. The van der Waals surface area contributed by atoms with Gasteiger partial charge in [0.15, 0.2) is 0 Å². The van der Waals surface area contributed by atoms with Crippen LogP contribution in [-0.2, 0) is 13.6 Å². The van der Waals surface area contributed by atoms with Crippen LogP contribution in [-0.4, -0.2) is 14.1 Å². The highest BCUT2D eigenvalue weighted by Gasteiger charge is 2.06. The molecule has 0 amide bonds. The molecule has 0 fully saturated rings. The first-order valence-corrected chi connectivity index (χ1v) is 6.46. The minimum absolute atomic E-state index is 0.338. The number of hydrogen-bond donors (Lipinski definition) is 1. The largest absolute Gasteiger partial charge is 0.389 e. The average molecular weight is 289 g/mol. The molecule has 0 aliphatic rings. The SMILES string of the molecule is Cc1cc(C(N)=S)ccc1Cn1ccn(C)c(=O)c1=O. The summed E-state index contributed by atoms with van der Waals surface area (Å²) >= 11 is 4.93. The molecule has 1 aromatic carbocycles. The molecule has 2 rings (SSSR count). The summed E-state index contributed by atoms with van der Waals surface area (Å²) in [5, 5.41) is 0. The normalized spacial score (nSPS) is 10.5. The Kier molecular flexibility index (Phi) is 3.85. The van der Waals surface area contributed by atoms with E-state index in [1.807, 2.05) is 25.1 Å². The molecule has 0 aliphatic carbocycles. The number of rotatable bonds is 3. The highest BCUT2D eigenvalue weighted by molar-refractivity contribution is 7.80. The van der Waals surface area contributed by atoms with Gasteiger partial charge < -0.3 is 14.9 Å². The van der Waals surface area contributed by atoms with E-state index in [0.29, 0.717) is 11.5 Å². The van der Waals surface area contributed by atoms with Crippen molar-refractivity contribution in [2.75, 3.05) is 0 Å². The van der Waals surface area contributed by atoms with Gasteiger partial charge in [-0.1, -0.05) is 24.4 Å². The summed E-state index contributed by atoms with van der Waals surface area (Å²) in [5.74, 6) is 0. The van der Waals surface area contributed by atoms with Crippen LogP contribution in [0.4, 0.5) is 0 Å². The zero-order valence-corrected chi connectivity index (χ0v) is 12.1. The molecule has 0 unspecified atom stereocenters. The van der Waals surface area contributed by atoms with E-state index in [0.717, 1.165) is 16.7 Å². The molecule has 0 atom stereocenters. The zero-order valence-electron chi connectivity index (χ0n) is 11.3. The maximum Gasteiger partial charge on any atom is 0.316 e. The molecule has 104 valence electrons. The molecule has 1 aromatic heterocycles. The van der Waals surface area contributed by atoms with E-state index in [-0.39, 0.29) is 0 Å². The first-order valence-electron chi connectivity index (χ1n) is 6.05. The van der Waals surface area contributed by atoms with Gasteiger partial charge in [-0.2, -0.15) is 0 Å². The van der Waals surface area contributed by atoms with Crippen LogP contribution < -0.4 is 16.9 Å². The lowest BCUT2D eigenvalue weighted by Gasteiger charge is -2.10. The van der Waals surface area contributed by atoms with Crippen molar-refractivity contribution in [2.45, 2.75) is 13.5 Å². The van der Waals surface area contributed by atoms with Gasteiger partial charge in [-0.3, -0.25) is 9.59 Å². The Morgan fingerprint density at radius 1 is 1.25 bits per heavy atom. The van der Waals surface area contributed by atoms with E-state index in [9.17, 15) is 9.59 Å². The van der Waals surface area contributed by atoms with Crippen LogP contribution in [0.1, 0.15) is 16.7 Å². The van der Waals surface area contributed by atoms with Crippen molar-refractivity contribution in [1.82, 2.24) is 9.13 Å². The molecule has 1 heterocycles. The fraction of sp³-hybridized carbons (Fsp3) is 0.214. The summed E-state index contributed by atoms with van der Waals surface area (Å²) in [6.07, 6.45) is 3.17. The first-order chi connectivity index (χ1) is 9.40. The molecule has 0 radical (unpaired) electrons. The standard InChI is InChI=1S/C14H15N3O2S/c1-9-7-10(12(15)20)3-4-11(9)8-17-6-5-16(2)13(18)14(17)19/h3-7H,8H2,1-2H3,(H2,15,20). The quantitative estimate of drug-likeness (QED) is 0.661. The van der Waals surface area contributed by atoms with Crippen LogP contribution >= 0.6 is 12.2 Å². The lowest BCUT2D eigenvalue weighted by Crippen LogP contribution is -2.39. The van der Waals surface area contributed by atoms with Gasteiger partial charge in [0.2, 0.25) is 0 Å². The fourth-order valence-electron chi connectivity index (χ4n) is 1.92. The van der Waals surface area contributed by atoms with Crippen LogP contribution in [0.2, 0.25) is 0 Å². The Balaban J connectivity index is 2.41. The van der Waals surface area contributed by atoms with E-state index in [2.05, 4.69) is 0 Å². The minimum atomic E-state index is -0.537. The van der Waals surface area contributed by atoms with Crippen molar-refractivity contribution in [3.8, 4) is 0 Å². The van der Waals surface area contributed by atoms with Crippen LogP contribution in [0.15, 0.2) is 40.2 Å². The van der Waals surface area contributed by atoms with Crippen molar-refractivity contribution in [2.24, 2.45) is 12.8 Å². The van der Waals surface area contributed by atoms with E-state index in [1.165, 1.54) is 9.13 Å². The summed E-state index contributed by atoms with van der Waals surface area (Å²) in [4.78, 5) is 23.8. The number of thiocarbonyl (C=S) groups is 1. The zero-order chi connectivity index (χ0) is 14.9. The van der Waals surface area contributed by atoms with Crippen LogP contribution in [0.5, 0.6) is 0 Å². The molecule has 0 saturated carbocycles. The highest BCUT2D eigenvalue weighted by Crippen LogP contribution is 2.12. The highest BCUT2D eigenvalue weighted by atomic mass is 32.1. The first kappa shape index (κ1) is 14.2. The van der Waals surface area contributed by atoms with Gasteiger partial charge in [-0.25, -0.2) is 0 Å². The van der Waals surface area contributed by atoms with E-state index in [4.69, 9.17) is 18.0 Å². The van der Waals surface area contributed by atoms with Gasteiger partial charge in [-0.05, 0) is 24.1 Å². The number of benzene rings is 1. The van der Waals surface area contributed by atoms with Gasteiger partial charge in [-0.15, -0.1) is 0 Å². The number of aromatic nitrogens is 2. The number of nitrogens with zero attached hydrogens (tertiary/aromatic N) is 2. The summed E-state index contributed by atoms with van der Waals surface area (Å²) in [6.45, 7) is 2.27. The smallest absolute Gasteiger partial charge is 0.316 e. The Hall–Kier alpha value is -2.21. The van der Waals surface area contributed by atoms with Crippen LogP contribution in [0.25, 0.3) is 0 Å². The monoisotopic (exact) mass is 289 g/mol. The molecule has 20 heavy (non-hydrogen) atoms.